The van der Waals surface area contributed by atoms with Gasteiger partial charge in [0.05, 0.1) is 5.56 Å². The fourth-order valence-electron chi connectivity index (χ4n) is 3.77. The van der Waals surface area contributed by atoms with Crippen molar-refractivity contribution in [2.45, 2.75) is 45.2 Å². The van der Waals surface area contributed by atoms with Crippen LogP contribution >= 0.6 is 0 Å². The van der Waals surface area contributed by atoms with Gasteiger partial charge in [-0.05, 0) is 45.4 Å². The first-order chi connectivity index (χ1) is 11.6. The van der Waals surface area contributed by atoms with Crippen molar-refractivity contribution in [1.29, 1.82) is 0 Å². The molecule has 2 N–H and O–H groups in total. The fraction of sp³-hybridized carbons (Fsp3) is 0.632. The van der Waals surface area contributed by atoms with Crippen LogP contribution in [0.2, 0.25) is 0 Å². The summed E-state index contributed by atoms with van der Waals surface area (Å²) in [5.74, 6) is 0.720. The molecule has 2 heterocycles. The van der Waals surface area contributed by atoms with Crippen LogP contribution in [0.5, 0.6) is 5.75 Å². The second-order valence-corrected chi connectivity index (χ2v) is 7.08. The molecule has 132 valence electrons. The molecule has 2 fully saturated rings. The molecule has 1 atom stereocenters. The van der Waals surface area contributed by atoms with E-state index in [1.165, 1.54) is 25.8 Å². The van der Waals surface area contributed by atoms with Crippen LogP contribution in [0.3, 0.4) is 0 Å². The van der Waals surface area contributed by atoms with Gasteiger partial charge in [-0.3, -0.25) is 9.69 Å². The van der Waals surface area contributed by atoms with Crippen molar-refractivity contribution in [3.8, 4) is 5.75 Å². The van der Waals surface area contributed by atoms with E-state index >= 15 is 0 Å². The predicted octanol–water partition coefficient (Wildman–Crippen LogP) is 2.03. The summed E-state index contributed by atoms with van der Waals surface area (Å²) >= 11 is 0. The Bertz CT molecular complexity index is 584. The summed E-state index contributed by atoms with van der Waals surface area (Å²) in [5, 5.41) is 0. The molecule has 1 aromatic rings. The maximum absolute atomic E-state index is 12.9. The van der Waals surface area contributed by atoms with E-state index in [1.54, 1.807) is 0 Å². The van der Waals surface area contributed by atoms with Gasteiger partial charge in [-0.1, -0.05) is 18.1 Å². The fourth-order valence-corrected chi connectivity index (χ4v) is 3.77. The number of hydrogen-bond donors (Lipinski definition) is 1. The van der Waals surface area contributed by atoms with Gasteiger partial charge in [0, 0.05) is 31.7 Å². The molecule has 2 saturated heterocycles. The molecule has 2 aliphatic rings. The number of carbonyl (C=O) groups excluding carboxylic acids is 1. The van der Waals surface area contributed by atoms with E-state index in [9.17, 15) is 4.79 Å². The highest BCUT2D eigenvalue weighted by atomic mass is 16.5. The molecule has 5 heteroatoms. The number of benzene rings is 1. The van der Waals surface area contributed by atoms with Crippen LogP contribution in [0.15, 0.2) is 18.2 Å². The molecule has 1 unspecified atom stereocenters. The Labute approximate surface area is 144 Å². The number of amides is 1. The summed E-state index contributed by atoms with van der Waals surface area (Å²) in [5.41, 5.74) is 7.25. The van der Waals surface area contributed by atoms with Gasteiger partial charge in [0.15, 0.2) is 0 Å². The Morgan fingerprint density at radius 3 is 2.83 bits per heavy atom. The summed E-state index contributed by atoms with van der Waals surface area (Å²) < 4.78 is 5.66. The Balaban J connectivity index is 1.64. The number of likely N-dealkylation sites (tertiary alicyclic amines) is 2. The minimum Gasteiger partial charge on any atom is -0.491 e. The molecule has 3 rings (SSSR count). The molecule has 0 aromatic heterocycles. The molecule has 1 amide bonds. The molecule has 24 heavy (non-hydrogen) atoms. The van der Waals surface area contributed by atoms with Crippen LogP contribution < -0.4 is 10.5 Å². The lowest BCUT2D eigenvalue weighted by Crippen LogP contribution is -2.63. The zero-order valence-corrected chi connectivity index (χ0v) is 14.8. The van der Waals surface area contributed by atoms with Crippen LogP contribution in [0.4, 0.5) is 0 Å². The third kappa shape index (κ3) is 3.57. The lowest BCUT2D eigenvalue weighted by atomic mass is 9.96. The number of carbonyl (C=O) groups is 1. The van der Waals surface area contributed by atoms with Crippen molar-refractivity contribution in [3.05, 3.63) is 29.3 Å². The number of nitrogens with zero attached hydrogens (tertiary/aromatic N) is 2. The largest absolute Gasteiger partial charge is 0.491 e. The topological polar surface area (TPSA) is 58.8 Å². The summed E-state index contributed by atoms with van der Waals surface area (Å²) in [4.78, 5) is 17.4. The van der Waals surface area contributed by atoms with E-state index in [-0.39, 0.29) is 5.91 Å². The third-order valence-corrected chi connectivity index (χ3v) is 5.21. The lowest BCUT2D eigenvalue weighted by Gasteiger charge is -2.49. The lowest BCUT2D eigenvalue weighted by molar-refractivity contribution is 0.00194. The number of aryl methyl sites for hydroxylation is 1. The number of nitrogens with two attached hydrogens (primary N) is 1. The summed E-state index contributed by atoms with van der Waals surface area (Å²) in [7, 11) is 0. The van der Waals surface area contributed by atoms with Gasteiger partial charge < -0.3 is 15.4 Å². The molecular formula is C19H29N3O2. The Morgan fingerprint density at radius 2 is 2.12 bits per heavy atom. The van der Waals surface area contributed by atoms with Crippen molar-refractivity contribution in [2.24, 2.45) is 5.73 Å². The van der Waals surface area contributed by atoms with E-state index in [0.29, 0.717) is 36.5 Å². The van der Waals surface area contributed by atoms with Crippen LogP contribution in [0, 0.1) is 6.92 Å². The molecule has 0 bridgehead atoms. The molecule has 1 aromatic carbocycles. The van der Waals surface area contributed by atoms with Gasteiger partial charge in [0.25, 0.3) is 5.91 Å². The van der Waals surface area contributed by atoms with Crippen LogP contribution in [0.25, 0.3) is 0 Å². The van der Waals surface area contributed by atoms with Gasteiger partial charge in [-0.25, -0.2) is 0 Å². The van der Waals surface area contributed by atoms with Crippen molar-refractivity contribution >= 4 is 5.91 Å². The van der Waals surface area contributed by atoms with Gasteiger partial charge in [-0.15, -0.1) is 0 Å². The molecule has 2 aliphatic heterocycles. The first-order valence-corrected chi connectivity index (χ1v) is 9.08. The summed E-state index contributed by atoms with van der Waals surface area (Å²) in [6.07, 6.45) is 3.89. The van der Waals surface area contributed by atoms with Gasteiger partial charge in [0.2, 0.25) is 0 Å². The maximum atomic E-state index is 12.9. The predicted molar refractivity (Wildman–Crippen MR) is 95.4 cm³/mol. The molecular weight excluding hydrogens is 302 g/mol. The number of ether oxygens (including phenoxy) is 1. The van der Waals surface area contributed by atoms with Crippen molar-refractivity contribution in [2.75, 3.05) is 32.8 Å². The quantitative estimate of drug-likeness (QED) is 0.897. The first kappa shape index (κ1) is 17.2. The summed E-state index contributed by atoms with van der Waals surface area (Å²) in [6.45, 7) is 8.00. The smallest absolute Gasteiger partial charge is 0.257 e. The van der Waals surface area contributed by atoms with E-state index < -0.39 is 0 Å². The van der Waals surface area contributed by atoms with Crippen molar-refractivity contribution in [3.63, 3.8) is 0 Å². The highest BCUT2D eigenvalue weighted by molar-refractivity contribution is 5.97. The number of piperidine rings is 1. The van der Waals surface area contributed by atoms with Crippen LogP contribution in [-0.2, 0) is 0 Å². The molecule has 0 spiro atoms. The normalized spacial score (nSPS) is 22.3. The SMILES string of the molecule is Cc1ccc(OCCN)c(C(=O)N2CC(N3CCCCC3C)C2)c1. The highest BCUT2D eigenvalue weighted by Gasteiger charge is 2.38. The van der Waals surface area contributed by atoms with Gasteiger partial charge in [0.1, 0.15) is 12.4 Å². The van der Waals surface area contributed by atoms with Gasteiger partial charge >= 0.3 is 0 Å². The van der Waals surface area contributed by atoms with E-state index in [1.807, 2.05) is 30.0 Å². The van der Waals surface area contributed by atoms with Crippen molar-refractivity contribution < 1.29 is 9.53 Å². The van der Waals surface area contributed by atoms with Crippen LogP contribution in [0.1, 0.15) is 42.1 Å². The summed E-state index contributed by atoms with van der Waals surface area (Å²) in [6, 6.07) is 6.93. The average molecular weight is 331 g/mol. The first-order valence-electron chi connectivity index (χ1n) is 9.08. The number of rotatable bonds is 5. The minimum atomic E-state index is 0.0756. The van der Waals surface area contributed by atoms with Gasteiger partial charge in [-0.2, -0.15) is 0 Å². The van der Waals surface area contributed by atoms with Crippen LogP contribution in [-0.4, -0.2) is 60.6 Å². The molecule has 0 radical (unpaired) electrons. The zero-order chi connectivity index (χ0) is 17.1. The standard InChI is InChI=1S/C19H29N3O2/c1-14-6-7-18(24-10-8-20)17(11-14)19(23)21-12-16(13-21)22-9-4-3-5-15(22)2/h6-7,11,15-16H,3-5,8-10,12-13,20H2,1-2H3. The maximum Gasteiger partial charge on any atom is 0.257 e. The zero-order valence-electron chi connectivity index (χ0n) is 14.8. The van der Waals surface area contributed by atoms with E-state index in [0.717, 1.165) is 18.7 Å². The van der Waals surface area contributed by atoms with E-state index in [4.69, 9.17) is 10.5 Å². The second-order valence-electron chi connectivity index (χ2n) is 7.08. The minimum absolute atomic E-state index is 0.0756. The second kappa shape index (κ2) is 7.53. The Kier molecular flexibility index (Phi) is 5.41. The molecule has 5 nitrogen and oxygen atoms in total. The molecule has 0 aliphatic carbocycles. The monoisotopic (exact) mass is 331 g/mol. The number of hydrogen-bond acceptors (Lipinski definition) is 4. The highest BCUT2D eigenvalue weighted by Crippen LogP contribution is 2.28. The average Bonchev–Trinajstić information content (AvgIpc) is 2.54. The molecule has 0 saturated carbocycles. The van der Waals surface area contributed by atoms with E-state index in [2.05, 4.69) is 11.8 Å². The Morgan fingerprint density at radius 1 is 1.33 bits per heavy atom. The third-order valence-electron chi connectivity index (χ3n) is 5.21. The van der Waals surface area contributed by atoms with Crippen molar-refractivity contribution in [1.82, 2.24) is 9.80 Å². The Hall–Kier alpha value is -1.59.